The van der Waals surface area contributed by atoms with Gasteiger partial charge in [-0.05, 0) is 17.5 Å². The Bertz CT molecular complexity index is 723. The standard InChI is InChI=1S/C15H16N4O2S2/c20-14(15-18-12(11-23-15)13-3-1-10-22-13)16-5-8-21-9-7-19-6-2-4-17-19/h1-4,6,10-11H,5,7-9H2,(H,16,20). The highest BCUT2D eigenvalue weighted by Crippen LogP contribution is 2.25. The largest absolute Gasteiger partial charge is 0.378 e. The zero-order valence-electron chi connectivity index (χ0n) is 12.3. The van der Waals surface area contributed by atoms with Crippen molar-refractivity contribution in [3.05, 3.63) is 46.4 Å². The third kappa shape index (κ3) is 4.47. The number of carbonyl (C=O) groups excluding carboxylic acids is 1. The number of hydrogen-bond donors (Lipinski definition) is 1. The molecule has 0 aromatic carbocycles. The fraction of sp³-hybridized carbons (Fsp3) is 0.267. The van der Waals surface area contributed by atoms with Crippen LogP contribution in [0.4, 0.5) is 0 Å². The number of carbonyl (C=O) groups is 1. The highest BCUT2D eigenvalue weighted by atomic mass is 32.1. The molecule has 0 aliphatic carbocycles. The molecule has 3 heterocycles. The maximum Gasteiger partial charge on any atom is 0.280 e. The summed E-state index contributed by atoms with van der Waals surface area (Å²) in [6.07, 6.45) is 3.62. The molecule has 23 heavy (non-hydrogen) atoms. The summed E-state index contributed by atoms with van der Waals surface area (Å²) in [5.41, 5.74) is 0.852. The van der Waals surface area contributed by atoms with Crippen LogP contribution in [0, 0.1) is 0 Å². The van der Waals surface area contributed by atoms with Gasteiger partial charge in [-0.25, -0.2) is 4.98 Å². The Balaban J connectivity index is 1.36. The van der Waals surface area contributed by atoms with E-state index in [0.29, 0.717) is 31.3 Å². The molecule has 1 amide bonds. The topological polar surface area (TPSA) is 69.0 Å². The normalized spacial score (nSPS) is 10.8. The van der Waals surface area contributed by atoms with Crippen molar-refractivity contribution >= 4 is 28.6 Å². The number of nitrogens with zero attached hydrogens (tertiary/aromatic N) is 3. The second-order valence-corrected chi connectivity index (χ2v) is 6.46. The lowest BCUT2D eigenvalue weighted by atomic mass is 10.4. The Labute approximate surface area is 141 Å². The lowest BCUT2D eigenvalue weighted by molar-refractivity contribution is 0.0906. The zero-order chi connectivity index (χ0) is 15.9. The minimum absolute atomic E-state index is 0.159. The van der Waals surface area contributed by atoms with Crippen LogP contribution in [0.1, 0.15) is 9.80 Å². The number of hydrogen-bond acceptors (Lipinski definition) is 6. The van der Waals surface area contributed by atoms with Crippen molar-refractivity contribution in [2.45, 2.75) is 6.54 Å². The second-order valence-electron chi connectivity index (χ2n) is 4.65. The summed E-state index contributed by atoms with van der Waals surface area (Å²) in [5, 5.41) is 11.3. The summed E-state index contributed by atoms with van der Waals surface area (Å²) in [5.74, 6) is -0.159. The lowest BCUT2D eigenvalue weighted by Crippen LogP contribution is -2.27. The Hall–Kier alpha value is -2.03. The quantitative estimate of drug-likeness (QED) is 0.635. The Morgan fingerprint density at radius 2 is 2.26 bits per heavy atom. The van der Waals surface area contributed by atoms with E-state index in [2.05, 4.69) is 15.4 Å². The van der Waals surface area contributed by atoms with Gasteiger partial charge in [0.1, 0.15) is 0 Å². The third-order valence-electron chi connectivity index (χ3n) is 3.03. The molecule has 1 N–H and O–H groups in total. The van der Waals surface area contributed by atoms with Crippen molar-refractivity contribution in [3.63, 3.8) is 0 Å². The Kier molecular flexibility index (Phi) is 5.51. The van der Waals surface area contributed by atoms with Gasteiger partial charge in [-0.15, -0.1) is 22.7 Å². The van der Waals surface area contributed by atoms with Crippen LogP contribution < -0.4 is 5.32 Å². The van der Waals surface area contributed by atoms with E-state index in [4.69, 9.17) is 4.74 Å². The highest BCUT2D eigenvalue weighted by Gasteiger charge is 2.11. The first kappa shape index (κ1) is 15.9. The van der Waals surface area contributed by atoms with E-state index >= 15 is 0 Å². The second kappa shape index (κ2) is 8.00. The summed E-state index contributed by atoms with van der Waals surface area (Å²) in [6, 6.07) is 5.84. The van der Waals surface area contributed by atoms with E-state index in [1.54, 1.807) is 22.2 Å². The van der Waals surface area contributed by atoms with Crippen molar-refractivity contribution in [1.82, 2.24) is 20.1 Å². The molecule has 0 fully saturated rings. The van der Waals surface area contributed by atoms with Crippen LogP contribution in [0.2, 0.25) is 0 Å². The van der Waals surface area contributed by atoms with E-state index in [1.807, 2.05) is 35.2 Å². The minimum atomic E-state index is -0.159. The van der Waals surface area contributed by atoms with Gasteiger partial charge in [0.05, 0.1) is 30.3 Å². The van der Waals surface area contributed by atoms with Gasteiger partial charge in [-0.1, -0.05) is 6.07 Å². The Morgan fingerprint density at radius 3 is 3.04 bits per heavy atom. The molecule has 8 heteroatoms. The number of aromatic nitrogens is 3. The summed E-state index contributed by atoms with van der Waals surface area (Å²) in [6.45, 7) is 2.21. The molecule has 0 radical (unpaired) electrons. The number of thiazole rings is 1. The van der Waals surface area contributed by atoms with E-state index in [-0.39, 0.29) is 5.91 Å². The van der Waals surface area contributed by atoms with Crippen LogP contribution >= 0.6 is 22.7 Å². The molecule has 0 spiro atoms. The van der Waals surface area contributed by atoms with Crippen molar-refractivity contribution in [2.75, 3.05) is 19.8 Å². The van der Waals surface area contributed by atoms with Gasteiger partial charge in [-0.2, -0.15) is 5.10 Å². The summed E-state index contributed by atoms with van der Waals surface area (Å²) < 4.78 is 7.27. The zero-order valence-corrected chi connectivity index (χ0v) is 14.0. The van der Waals surface area contributed by atoms with E-state index < -0.39 is 0 Å². The molecule has 0 bridgehead atoms. The van der Waals surface area contributed by atoms with Gasteiger partial charge in [0.25, 0.3) is 5.91 Å². The minimum Gasteiger partial charge on any atom is -0.378 e. The molecular formula is C15H16N4O2S2. The van der Waals surface area contributed by atoms with Crippen molar-refractivity contribution in [2.24, 2.45) is 0 Å². The average molecular weight is 348 g/mol. The lowest BCUT2D eigenvalue weighted by Gasteiger charge is -2.05. The van der Waals surface area contributed by atoms with Gasteiger partial charge < -0.3 is 10.1 Å². The van der Waals surface area contributed by atoms with Crippen LogP contribution in [0.25, 0.3) is 10.6 Å². The van der Waals surface area contributed by atoms with Crippen molar-refractivity contribution < 1.29 is 9.53 Å². The predicted octanol–water partition coefficient (Wildman–Crippen LogP) is 2.51. The summed E-state index contributed by atoms with van der Waals surface area (Å²) in [7, 11) is 0. The monoisotopic (exact) mass is 348 g/mol. The maximum absolute atomic E-state index is 12.0. The maximum atomic E-state index is 12.0. The molecule has 3 aromatic rings. The molecule has 120 valence electrons. The van der Waals surface area contributed by atoms with E-state index in [0.717, 1.165) is 10.6 Å². The highest BCUT2D eigenvalue weighted by molar-refractivity contribution is 7.15. The van der Waals surface area contributed by atoms with Crippen LogP contribution in [0.3, 0.4) is 0 Å². The van der Waals surface area contributed by atoms with E-state index in [9.17, 15) is 4.79 Å². The first-order chi connectivity index (χ1) is 11.3. The molecule has 0 aliphatic heterocycles. The first-order valence-electron chi connectivity index (χ1n) is 7.16. The van der Waals surface area contributed by atoms with Gasteiger partial charge in [0.15, 0.2) is 5.01 Å². The average Bonchev–Trinajstić information content (AvgIpc) is 3.32. The molecule has 0 saturated heterocycles. The first-order valence-corrected chi connectivity index (χ1v) is 8.91. The molecule has 0 aliphatic rings. The number of amides is 1. The van der Waals surface area contributed by atoms with E-state index in [1.165, 1.54) is 11.3 Å². The fourth-order valence-corrected chi connectivity index (χ4v) is 3.41. The number of nitrogens with one attached hydrogen (secondary N) is 1. The van der Waals surface area contributed by atoms with Crippen LogP contribution in [-0.4, -0.2) is 40.4 Å². The molecule has 0 atom stereocenters. The molecule has 0 unspecified atom stereocenters. The molecule has 3 rings (SSSR count). The van der Waals surface area contributed by atoms with Gasteiger partial charge >= 0.3 is 0 Å². The fourth-order valence-electron chi connectivity index (χ4n) is 1.92. The smallest absolute Gasteiger partial charge is 0.280 e. The summed E-state index contributed by atoms with van der Waals surface area (Å²) in [4.78, 5) is 17.5. The molecule has 0 saturated carbocycles. The molecular weight excluding hydrogens is 332 g/mol. The molecule has 3 aromatic heterocycles. The van der Waals surface area contributed by atoms with Crippen LogP contribution in [-0.2, 0) is 11.3 Å². The molecule has 6 nitrogen and oxygen atoms in total. The van der Waals surface area contributed by atoms with Crippen molar-refractivity contribution in [3.8, 4) is 10.6 Å². The SMILES string of the molecule is O=C(NCCOCCn1cccn1)c1nc(-c2cccs2)cs1. The van der Waals surface area contributed by atoms with Crippen molar-refractivity contribution in [1.29, 1.82) is 0 Å². The third-order valence-corrected chi connectivity index (χ3v) is 4.76. The summed E-state index contributed by atoms with van der Waals surface area (Å²) >= 11 is 2.97. The number of thiophene rings is 1. The van der Waals surface area contributed by atoms with Crippen LogP contribution in [0.15, 0.2) is 41.4 Å². The van der Waals surface area contributed by atoms with Gasteiger partial charge in [-0.3, -0.25) is 9.48 Å². The number of rotatable bonds is 8. The van der Waals surface area contributed by atoms with Crippen LogP contribution in [0.5, 0.6) is 0 Å². The predicted molar refractivity (Wildman–Crippen MR) is 90.8 cm³/mol. The van der Waals surface area contributed by atoms with Gasteiger partial charge in [0.2, 0.25) is 0 Å². The van der Waals surface area contributed by atoms with Gasteiger partial charge in [0, 0.05) is 24.3 Å². The Morgan fingerprint density at radius 1 is 1.30 bits per heavy atom. The number of ether oxygens (including phenoxy) is 1.